The standard InChI is InChI=1S/C24H22N4.C4H8N2/c1-5-15(2)17-8-11-20-19(12-17)22-21(13-26-20)27-28-23(22)16-6-9-18(10-7-16)24(3,4)14-25;1-3-6-4-5-2/h6-13H,2,5H2,1,3-4H3,(H,27,28);4H,2-3H2,1H3. The molecule has 0 aliphatic heterocycles. The molecule has 0 amide bonds. The predicted molar refractivity (Wildman–Crippen MR) is 143 cm³/mol. The molecular weight excluding hydrogens is 420 g/mol. The molecular formula is C28H30N6. The number of fused-ring (bicyclic) bond motifs is 3. The van der Waals surface area contributed by atoms with Crippen LogP contribution in [0.4, 0.5) is 0 Å². The van der Waals surface area contributed by atoms with Gasteiger partial charge < -0.3 is 0 Å². The van der Waals surface area contributed by atoms with E-state index in [-0.39, 0.29) is 0 Å². The van der Waals surface area contributed by atoms with E-state index in [0.29, 0.717) is 0 Å². The van der Waals surface area contributed by atoms with Crippen molar-refractivity contribution in [1.82, 2.24) is 15.2 Å². The Morgan fingerprint density at radius 2 is 1.91 bits per heavy atom. The number of nitriles is 1. The highest BCUT2D eigenvalue weighted by Crippen LogP contribution is 2.34. The lowest BCUT2D eigenvalue weighted by molar-refractivity contribution is 0.687. The number of hydrogen-bond donors (Lipinski definition) is 1. The van der Waals surface area contributed by atoms with Gasteiger partial charge in [-0.05, 0) is 62.7 Å². The van der Waals surface area contributed by atoms with Gasteiger partial charge in [-0.15, -0.1) is 0 Å². The quantitative estimate of drug-likeness (QED) is 0.260. The van der Waals surface area contributed by atoms with Crippen LogP contribution in [0.3, 0.4) is 0 Å². The van der Waals surface area contributed by atoms with Crippen molar-refractivity contribution in [2.75, 3.05) is 6.54 Å². The van der Waals surface area contributed by atoms with E-state index in [1.807, 2.05) is 57.3 Å². The van der Waals surface area contributed by atoms with E-state index in [1.165, 1.54) is 6.34 Å². The molecule has 4 aromatic rings. The van der Waals surface area contributed by atoms with Crippen molar-refractivity contribution in [2.24, 2.45) is 9.98 Å². The first kappa shape index (κ1) is 24.5. The van der Waals surface area contributed by atoms with Crippen LogP contribution in [0, 0.1) is 11.3 Å². The van der Waals surface area contributed by atoms with E-state index >= 15 is 0 Å². The third-order valence-electron chi connectivity index (χ3n) is 5.73. The predicted octanol–water partition coefficient (Wildman–Crippen LogP) is 6.74. The lowest BCUT2D eigenvalue weighted by Crippen LogP contribution is -2.13. The Morgan fingerprint density at radius 3 is 2.50 bits per heavy atom. The van der Waals surface area contributed by atoms with Crippen LogP contribution in [0.15, 0.2) is 65.2 Å². The summed E-state index contributed by atoms with van der Waals surface area (Å²) in [6.45, 7) is 16.1. The topological polar surface area (TPSA) is 90.1 Å². The van der Waals surface area contributed by atoms with Gasteiger partial charge in [0.2, 0.25) is 0 Å². The Hall–Kier alpha value is -4.11. The molecule has 0 aliphatic carbocycles. The highest BCUT2D eigenvalue weighted by molar-refractivity contribution is 6.11. The van der Waals surface area contributed by atoms with Crippen LogP contribution in [0.25, 0.3) is 38.6 Å². The molecule has 6 heteroatoms. The van der Waals surface area contributed by atoms with E-state index < -0.39 is 5.41 Å². The van der Waals surface area contributed by atoms with E-state index in [1.54, 1.807) is 0 Å². The van der Waals surface area contributed by atoms with Crippen LogP contribution < -0.4 is 0 Å². The van der Waals surface area contributed by atoms with Crippen molar-refractivity contribution in [3.63, 3.8) is 0 Å². The van der Waals surface area contributed by atoms with Crippen LogP contribution in [0.2, 0.25) is 0 Å². The number of hydrogen-bond acceptors (Lipinski definition) is 4. The Morgan fingerprint density at radius 1 is 1.18 bits per heavy atom. The normalized spacial score (nSPS) is 11.3. The fourth-order valence-electron chi connectivity index (χ4n) is 3.59. The first-order valence-electron chi connectivity index (χ1n) is 11.3. The summed E-state index contributed by atoms with van der Waals surface area (Å²) in [5.74, 6) is 0. The minimum Gasteiger partial charge on any atom is -0.276 e. The summed E-state index contributed by atoms with van der Waals surface area (Å²) in [6, 6.07) is 16.7. The number of H-pyrrole nitrogens is 1. The van der Waals surface area contributed by atoms with E-state index in [2.05, 4.69) is 63.6 Å². The molecule has 2 aromatic carbocycles. The van der Waals surface area contributed by atoms with Gasteiger partial charge in [0.25, 0.3) is 0 Å². The average Bonchev–Trinajstić information content (AvgIpc) is 3.32. The molecule has 2 aromatic heterocycles. The number of pyridine rings is 1. The summed E-state index contributed by atoms with van der Waals surface area (Å²) >= 11 is 0. The fraction of sp³-hybridized carbons (Fsp3) is 0.250. The zero-order valence-corrected chi connectivity index (χ0v) is 20.3. The SMILES string of the molecule is C=C(CC)c1ccc2ncc3[nH]nc(-c4ccc(C(C)(C)C#N)cc4)c3c2c1.C=NC=NCC. The molecule has 0 unspecified atom stereocenters. The van der Waals surface area contributed by atoms with Crippen LogP contribution in [0.1, 0.15) is 45.2 Å². The molecule has 0 fully saturated rings. The van der Waals surface area contributed by atoms with Gasteiger partial charge in [-0.25, -0.2) is 0 Å². The van der Waals surface area contributed by atoms with E-state index in [0.717, 1.165) is 62.7 Å². The molecule has 4 rings (SSSR count). The number of rotatable bonds is 6. The van der Waals surface area contributed by atoms with Crippen LogP contribution in [0.5, 0.6) is 0 Å². The monoisotopic (exact) mass is 450 g/mol. The summed E-state index contributed by atoms with van der Waals surface area (Å²) < 4.78 is 0. The van der Waals surface area contributed by atoms with Crippen molar-refractivity contribution in [3.05, 3.63) is 66.4 Å². The fourth-order valence-corrected chi connectivity index (χ4v) is 3.59. The smallest absolute Gasteiger partial charge is 0.109 e. The number of allylic oxidation sites excluding steroid dienone is 1. The summed E-state index contributed by atoms with van der Waals surface area (Å²) in [6.07, 6.45) is 4.18. The van der Waals surface area contributed by atoms with Crippen LogP contribution >= 0.6 is 0 Å². The van der Waals surface area contributed by atoms with Crippen LogP contribution in [-0.2, 0) is 5.41 Å². The summed E-state index contributed by atoms with van der Waals surface area (Å²) in [5, 5.41) is 19.2. The minimum absolute atomic E-state index is 0.516. The third-order valence-corrected chi connectivity index (χ3v) is 5.73. The Kier molecular flexibility index (Phi) is 7.70. The lowest BCUT2D eigenvalue weighted by Gasteiger charge is -2.15. The van der Waals surface area contributed by atoms with Crippen molar-refractivity contribution in [1.29, 1.82) is 5.26 Å². The Labute approximate surface area is 200 Å². The molecule has 1 N–H and O–H groups in total. The zero-order valence-electron chi connectivity index (χ0n) is 20.3. The van der Waals surface area contributed by atoms with Gasteiger partial charge in [0.15, 0.2) is 0 Å². The summed E-state index contributed by atoms with van der Waals surface area (Å²) in [7, 11) is 0. The molecule has 0 spiro atoms. The van der Waals surface area contributed by atoms with Crippen molar-refractivity contribution in [3.8, 4) is 17.3 Å². The first-order valence-corrected chi connectivity index (χ1v) is 11.3. The van der Waals surface area contributed by atoms with E-state index in [4.69, 9.17) is 0 Å². The third kappa shape index (κ3) is 5.10. The largest absolute Gasteiger partial charge is 0.276 e. The minimum atomic E-state index is -0.516. The summed E-state index contributed by atoms with van der Waals surface area (Å²) in [4.78, 5) is 11.7. The number of nitrogens with zero attached hydrogens (tertiary/aromatic N) is 5. The Bertz CT molecular complexity index is 1380. The number of aromatic nitrogens is 3. The molecule has 34 heavy (non-hydrogen) atoms. The second kappa shape index (κ2) is 10.7. The molecule has 0 saturated heterocycles. The Balaban J connectivity index is 0.000000481. The molecule has 2 heterocycles. The molecule has 0 aliphatic rings. The highest BCUT2D eigenvalue weighted by Gasteiger charge is 2.20. The molecule has 0 bridgehead atoms. The van der Waals surface area contributed by atoms with Gasteiger partial charge in [0.05, 0.1) is 28.7 Å². The van der Waals surface area contributed by atoms with Gasteiger partial charge in [-0.3, -0.25) is 20.1 Å². The zero-order chi connectivity index (χ0) is 24.7. The van der Waals surface area contributed by atoms with Gasteiger partial charge in [0.1, 0.15) is 12.0 Å². The second-order valence-electron chi connectivity index (χ2n) is 8.42. The molecule has 0 atom stereocenters. The second-order valence-corrected chi connectivity index (χ2v) is 8.42. The van der Waals surface area contributed by atoms with Crippen molar-refractivity contribution in [2.45, 2.75) is 39.5 Å². The molecule has 6 nitrogen and oxygen atoms in total. The maximum atomic E-state index is 9.37. The first-order chi connectivity index (χ1) is 16.4. The molecule has 172 valence electrons. The van der Waals surface area contributed by atoms with E-state index in [9.17, 15) is 5.26 Å². The van der Waals surface area contributed by atoms with Gasteiger partial charge in [0, 0.05) is 22.9 Å². The number of benzene rings is 2. The maximum Gasteiger partial charge on any atom is 0.109 e. The van der Waals surface area contributed by atoms with Crippen molar-refractivity contribution < 1.29 is 0 Å². The number of aromatic amines is 1. The maximum absolute atomic E-state index is 9.37. The molecule has 0 radical (unpaired) electrons. The highest BCUT2D eigenvalue weighted by atomic mass is 15.1. The van der Waals surface area contributed by atoms with Crippen molar-refractivity contribution >= 4 is 40.4 Å². The summed E-state index contributed by atoms with van der Waals surface area (Å²) in [5.41, 5.74) is 6.45. The van der Waals surface area contributed by atoms with Gasteiger partial charge >= 0.3 is 0 Å². The average molecular weight is 451 g/mol. The van der Waals surface area contributed by atoms with Crippen LogP contribution in [-0.4, -0.2) is 34.8 Å². The van der Waals surface area contributed by atoms with Gasteiger partial charge in [-0.1, -0.05) is 43.8 Å². The number of aliphatic imine (C=N–C) groups is 2. The van der Waals surface area contributed by atoms with Gasteiger partial charge in [-0.2, -0.15) is 10.4 Å². The molecule has 0 saturated carbocycles. The lowest BCUT2D eigenvalue weighted by atomic mass is 9.86. The number of nitrogens with one attached hydrogen (secondary N) is 1.